The second-order valence-electron chi connectivity index (χ2n) is 0.600. The first-order valence-corrected chi connectivity index (χ1v) is 2.68. The summed E-state index contributed by atoms with van der Waals surface area (Å²) in [6.07, 6.45) is 0. The van der Waals surface area contributed by atoms with Crippen molar-refractivity contribution in [1.82, 2.24) is 0 Å². The van der Waals surface area contributed by atoms with Crippen molar-refractivity contribution in [3.8, 4) is 0 Å². The van der Waals surface area contributed by atoms with Gasteiger partial charge in [-0.05, 0) is 0 Å². The van der Waals surface area contributed by atoms with Gasteiger partial charge in [-0.3, -0.25) is 0 Å². The summed E-state index contributed by atoms with van der Waals surface area (Å²) in [6.45, 7) is 0. The Labute approximate surface area is 172 Å². The first-order valence-electron chi connectivity index (χ1n) is 0.894. The van der Waals surface area contributed by atoms with Crippen LogP contribution in [0.25, 0.3) is 0 Å². The molecule has 0 amide bonds. The minimum Gasteiger partial charge on any atom is -1.00 e. The van der Waals surface area contributed by atoms with Crippen LogP contribution in [0.3, 0.4) is 0 Å². The molecule has 0 aromatic carbocycles. The van der Waals surface area contributed by atoms with Gasteiger partial charge < -0.3 is 24.9 Å². The van der Waals surface area contributed by atoms with Crippen LogP contribution < -0.4 is 0 Å². The molecule has 0 spiro atoms. The molecule has 0 atom stereocenters. The molecule has 0 heterocycles. The second kappa shape index (κ2) is 11.7. The average Bonchev–Trinajstić information content (AvgIpc) is 0.722. The number of hydrogen-bond acceptors (Lipinski definition) is 4. The molecule has 0 aromatic rings. The van der Waals surface area contributed by atoms with E-state index in [-0.39, 0.29) is 149 Å². The summed E-state index contributed by atoms with van der Waals surface area (Å²) in [4.78, 5) is 29.3. The van der Waals surface area contributed by atoms with Crippen molar-refractivity contribution in [2.24, 2.45) is 0 Å². The van der Waals surface area contributed by atoms with Gasteiger partial charge in [0.2, 0.25) is 0 Å². The Bertz CT molecular complexity index is 42.5. The van der Waals surface area contributed by atoms with Crippen molar-refractivity contribution in [1.29, 1.82) is 0 Å². The molecule has 4 nitrogen and oxygen atoms in total. The van der Waals surface area contributed by atoms with E-state index in [0.717, 1.165) is 0 Å². The Morgan fingerprint density at radius 2 is 1.00 bits per heavy atom. The summed E-state index contributed by atoms with van der Waals surface area (Å²) < 4.78 is 0. The van der Waals surface area contributed by atoms with Gasteiger partial charge in [-0.25, -0.2) is 0 Å². The van der Waals surface area contributed by atoms with E-state index in [1.54, 1.807) is 0 Å². The van der Waals surface area contributed by atoms with Crippen LogP contribution >= 0.6 is 0 Å². The molecule has 8 heteroatoms. The molecule has 0 saturated heterocycles. The van der Waals surface area contributed by atoms with E-state index < -0.39 is 9.05 Å². The first-order chi connectivity index (χ1) is 2.00. The maximum atomic E-state index is 7.33. The Kier molecular flexibility index (Phi) is 33.6. The molecule has 1 radical (unpaired) electrons. The third-order valence-electron chi connectivity index (χ3n) is 0. The molecule has 0 unspecified atom stereocenters. The van der Waals surface area contributed by atoms with Crippen LogP contribution in [-0.2, 0) is 0 Å². The topological polar surface area (TPSA) is 80.9 Å². The summed E-state index contributed by atoms with van der Waals surface area (Å²) in [7, 11) is -4.61. The van der Waals surface area contributed by atoms with E-state index in [2.05, 4.69) is 0 Å². The third-order valence-corrected chi connectivity index (χ3v) is 0. The molecule has 0 aliphatic rings. The molecule has 0 aliphatic heterocycles. The molecule has 0 bridgehead atoms. The van der Waals surface area contributed by atoms with Gasteiger partial charge in [-0.15, -0.1) is 0 Å². The largest absolute Gasteiger partial charge is 2.00 e. The Balaban J connectivity index is -0.00000000381. The summed E-state index contributed by atoms with van der Waals surface area (Å²) in [5, 5.41) is 0. The fourth-order valence-electron chi connectivity index (χ4n) is 0. The molecule has 0 aromatic heterocycles. The maximum absolute atomic E-state index is 7.33. The first kappa shape index (κ1) is 23.0. The van der Waals surface area contributed by atoms with Gasteiger partial charge in [0.25, 0.3) is 0 Å². The number of rotatable bonds is 0. The zero-order valence-corrected chi connectivity index (χ0v) is 15.4. The van der Waals surface area contributed by atoms with Crippen molar-refractivity contribution in [2.75, 3.05) is 0 Å². The van der Waals surface area contributed by atoms with Gasteiger partial charge >= 0.3 is 103 Å². The van der Waals surface area contributed by atoms with Crippen LogP contribution in [0.4, 0.5) is 0 Å². The third kappa shape index (κ3) is 45.6. The van der Waals surface area contributed by atoms with Gasteiger partial charge in [-0.1, -0.05) is 0 Å². The van der Waals surface area contributed by atoms with Crippen molar-refractivity contribution in [2.45, 2.75) is 0 Å². The van der Waals surface area contributed by atoms with Crippen molar-refractivity contribution in [3.05, 3.63) is 0 Å². The van der Waals surface area contributed by atoms with E-state index in [9.17, 15) is 0 Å². The summed E-state index contributed by atoms with van der Waals surface area (Å²) >= 11 is 0. The van der Waals surface area contributed by atoms with Crippen LogP contribution in [0, 0.1) is 49.4 Å². The summed E-state index contributed by atoms with van der Waals surface area (Å²) in [5.41, 5.74) is 0. The Morgan fingerprint density at radius 3 is 1.00 bits per heavy atom. The molecule has 4 N–H and O–H groups in total. The van der Waals surface area contributed by atoms with Crippen LogP contribution in [0.5, 0.6) is 0 Å². The molecule has 47 valence electrons. The van der Waals surface area contributed by atoms with Gasteiger partial charge in [0.05, 0.1) is 0 Å². The summed E-state index contributed by atoms with van der Waals surface area (Å²) in [5.74, 6) is 0. The van der Waals surface area contributed by atoms with Gasteiger partial charge in [0.1, 0.15) is 0 Å². The monoisotopic (exact) mass is 479 g/mol. The normalized spacial score (nSPS) is 7.50. The molecule has 0 saturated carbocycles. The fourth-order valence-corrected chi connectivity index (χ4v) is 0. The van der Waals surface area contributed by atoms with E-state index in [1.807, 2.05) is 0 Å². The average molecular weight is 477 g/mol. The molecule has 8 heavy (non-hydrogen) atoms. The predicted molar refractivity (Wildman–Crippen MR) is 30.6 cm³/mol. The fraction of sp³-hybridized carbons (Fsp3) is 0. The Hall–Kier alpha value is 4.69. The second-order valence-corrected chi connectivity index (χ2v) is 1.80. The minimum atomic E-state index is -4.61. The molecule has 0 aliphatic carbocycles. The molecular formula is H8BaEuO4SiSr. The smallest absolute Gasteiger partial charge is 1.00 e. The SMILES string of the molecule is O[Si](O)(O)O.[Ba+2].[Eu].[H-].[H-].[H-].[H-].[Sr+2]. The summed E-state index contributed by atoms with van der Waals surface area (Å²) in [6, 6.07) is 0. The molecule has 0 rings (SSSR count). The van der Waals surface area contributed by atoms with Crippen LogP contribution in [0.15, 0.2) is 0 Å². The standard InChI is InChI=1S/Ba.Eu.H4O4Si.Sr.4H/c;;1-5(2,3)4;;;;;/h;;1-4H;;;;;/q+2;;;+2;4*-1. The van der Waals surface area contributed by atoms with Gasteiger partial charge in [-0.2, -0.15) is 0 Å². The zero-order valence-electron chi connectivity index (χ0n) is 8.08. The van der Waals surface area contributed by atoms with Crippen LogP contribution in [0.1, 0.15) is 5.71 Å². The van der Waals surface area contributed by atoms with Crippen molar-refractivity contribution < 1.29 is 74.3 Å². The van der Waals surface area contributed by atoms with Gasteiger partial charge in [0, 0.05) is 49.4 Å². The molecular weight excluding hydrogens is 469 g/mol. The van der Waals surface area contributed by atoms with E-state index in [4.69, 9.17) is 19.2 Å². The Morgan fingerprint density at radius 1 is 1.00 bits per heavy atom. The minimum absolute atomic E-state index is 0. The van der Waals surface area contributed by atoms with Gasteiger partial charge in [0.15, 0.2) is 0 Å². The van der Waals surface area contributed by atoms with Crippen molar-refractivity contribution in [3.63, 3.8) is 0 Å². The van der Waals surface area contributed by atoms with Crippen LogP contribution in [0.2, 0.25) is 0 Å². The van der Waals surface area contributed by atoms with E-state index in [1.165, 1.54) is 0 Å². The van der Waals surface area contributed by atoms with Crippen LogP contribution in [-0.4, -0.2) is 123 Å². The van der Waals surface area contributed by atoms with E-state index in [0.29, 0.717) is 0 Å². The number of hydrogen-bond donors (Lipinski definition) is 4. The zero-order chi connectivity index (χ0) is 4.50. The maximum Gasteiger partial charge on any atom is 2.00 e. The molecule has 0 fully saturated rings. The quantitative estimate of drug-likeness (QED) is 0.282. The van der Waals surface area contributed by atoms with Crippen molar-refractivity contribution >= 4 is 103 Å². The van der Waals surface area contributed by atoms with E-state index >= 15 is 0 Å². The predicted octanol–water partition coefficient (Wildman–Crippen LogP) is -2.92.